The monoisotopic (exact) mass is 601 g/mol. The number of unbranched alkanes of at least 4 members (excludes halogenated alkanes) is 1. The molecule has 1 unspecified atom stereocenters. The van der Waals surface area contributed by atoms with Gasteiger partial charge in [0.05, 0.1) is 31.6 Å². The molecule has 2 atom stereocenters. The largest absolute Gasteiger partial charge is 0.481 e. The number of hydrogen-bond acceptors (Lipinski definition) is 8. The molecule has 3 heterocycles. The highest BCUT2D eigenvalue weighted by atomic mass is 32.1. The van der Waals surface area contributed by atoms with Gasteiger partial charge in [0.2, 0.25) is 6.79 Å². The molecule has 0 saturated carbocycles. The Kier molecular flexibility index (Phi) is 10.9. The van der Waals surface area contributed by atoms with E-state index in [9.17, 15) is 19.5 Å². The second kappa shape index (κ2) is 14.7. The van der Waals surface area contributed by atoms with Crippen LogP contribution in [0, 0.1) is 0 Å². The number of urea groups is 1. The molecule has 12 heteroatoms. The third-order valence-corrected chi connectivity index (χ3v) is 8.47. The van der Waals surface area contributed by atoms with Gasteiger partial charge in [-0.25, -0.2) is 9.59 Å². The number of carboxylic acid groups (broad SMARTS) is 1. The number of thiophene rings is 2. The van der Waals surface area contributed by atoms with Crippen molar-refractivity contribution in [3.8, 4) is 11.5 Å². The van der Waals surface area contributed by atoms with Crippen molar-refractivity contribution >= 4 is 40.8 Å². The van der Waals surface area contributed by atoms with Crippen LogP contribution >= 0.6 is 22.7 Å². The zero-order chi connectivity index (χ0) is 29.2. The molecular weight excluding hydrogens is 566 g/mol. The molecule has 2 N–H and O–H groups in total. The van der Waals surface area contributed by atoms with Crippen LogP contribution in [0.4, 0.5) is 9.59 Å². The summed E-state index contributed by atoms with van der Waals surface area (Å²) in [7, 11) is 1.63. The van der Waals surface area contributed by atoms with E-state index in [0.717, 1.165) is 22.6 Å². The zero-order valence-electron chi connectivity index (χ0n) is 23.1. The molecule has 4 rings (SSSR count). The van der Waals surface area contributed by atoms with Gasteiger partial charge in [0.25, 0.3) is 0 Å². The minimum absolute atomic E-state index is 0.0156. The average Bonchev–Trinajstić information content (AvgIpc) is 3.75. The summed E-state index contributed by atoms with van der Waals surface area (Å²) in [6, 6.07) is 11.3. The molecular formula is C29H35N3O7S2. The van der Waals surface area contributed by atoms with Crippen molar-refractivity contribution in [3.63, 3.8) is 0 Å². The van der Waals surface area contributed by atoms with Crippen molar-refractivity contribution in [2.75, 3.05) is 20.4 Å². The van der Waals surface area contributed by atoms with Crippen molar-refractivity contribution in [1.82, 2.24) is 15.1 Å². The molecule has 3 amide bonds. The Morgan fingerprint density at radius 1 is 1.05 bits per heavy atom. The molecule has 3 aromatic rings. The molecule has 0 bridgehead atoms. The van der Waals surface area contributed by atoms with Crippen LogP contribution in [0.2, 0.25) is 0 Å². The van der Waals surface area contributed by atoms with Crippen LogP contribution in [-0.4, -0.2) is 59.5 Å². The summed E-state index contributed by atoms with van der Waals surface area (Å²) in [5, 5.41) is 16.3. The van der Waals surface area contributed by atoms with Gasteiger partial charge in [0.15, 0.2) is 11.5 Å². The molecule has 0 radical (unpaired) electrons. The van der Waals surface area contributed by atoms with E-state index >= 15 is 0 Å². The number of fused-ring (bicyclic) bond motifs is 1. The van der Waals surface area contributed by atoms with Gasteiger partial charge in [0.1, 0.15) is 6.61 Å². The predicted molar refractivity (Wildman–Crippen MR) is 156 cm³/mol. The zero-order valence-corrected chi connectivity index (χ0v) is 24.7. The van der Waals surface area contributed by atoms with Gasteiger partial charge < -0.3 is 29.5 Å². The first-order chi connectivity index (χ1) is 19.8. The van der Waals surface area contributed by atoms with Gasteiger partial charge in [-0.1, -0.05) is 38.0 Å². The summed E-state index contributed by atoms with van der Waals surface area (Å²) in [4.78, 5) is 43.5. The molecule has 41 heavy (non-hydrogen) atoms. The third kappa shape index (κ3) is 8.61. The lowest BCUT2D eigenvalue weighted by Crippen LogP contribution is -2.47. The molecule has 220 valence electrons. The van der Waals surface area contributed by atoms with Crippen molar-refractivity contribution < 1.29 is 33.7 Å². The standard InChI is InChI=1S/C29H35N3O7S2/c1-3-4-7-21(18-37-29(36)32(16-22-8-5-12-40-22)17-23-9-6-13-41-23)31(2)28(35)30-24(15-27(33)34)20-10-11-25-26(14-20)39-19-38-25/h5-6,8-14,21,24H,3-4,7,15-19H2,1-2H3,(H,30,35)(H,33,34)/t21-,24?/m0/s1. The van der Waals surface area contributed by atoms with Crippen molar-refractivity contribution in [2.24, 2.45) is 0 Å². The van der Waals surface area contributed by atoms with Crippen molar-refractivity contribution in [3.05, 3.63) is 68.5 Å². The molecule has 1 aliphatic rings. The topological polar surface area (TPSA) is 118 Å². The van der Waals surface area contributed by atoms with E-state index < -0.39 is 30.2 Å². The molecule has 1 aliphatic heterocycles. The maximum Gasteiger partial charge on any atom is 0.410 e. The van der Waals surface area contributed by atoms with E-state index in [0.29, 0.717) is 36.6 Å². The predicted octanol–water partition coefficient (Wildman–Crippen LogP) is 6.09. The van der Waals surface area contributed by atoms with Gasteiger partial charge >= 0.3 is 18.1 Å². The number of hydrogen-bond donors (Lipinski definition) is 2. The number of aliphatic carboxylic acids is 1. The number of amides is 3. The summed E-state index contributed by atoms with van der Waals surface area (Å²) in [6.07, 6.45) is 1.59. The molecule has 0 spiro atoms. The normalized spacial score (nSPS) is 13.3. The fourth-order valence-corrected chi connectivity index (χ4v) is 5.87. The van der Waals surface area contributed by atoms with Gasteiger partial charge in [-0.05, 0) is 47.0 Å². The number of carbonyl (C=O) groups excluding carboxylic acids is 2. The number of nitrogens with one attached hydrogen (secondary N) is 1. The van der Waals surface area contributed by atoms with Gasteiger partial charge in [-0.3, -0.25) is 9.69 Å². The SMILES string of the molecule is CCCC[C@@H](COC(=O)N(Cc1cccs1)Cc1cccs1)N(C)C(=O)NC(CC(=O)O)c1ccc2c(c1)OCO2. The van der Waals surface area contributed by atoms with E-state index in [4.69, 9.17) is 14.2 Å². The second-order valence-corrected chi connectivity index (χ2v) is 11.8. The van der Waals surface area contributed by atoms with Crippen LogP contribution in [0.1, 0.15) is 54.0 Å². The minimum Gasteiger partial charge on any atom is -0.481 e. The van der Waals surface area contributed by atoms with Crippen LogP contribution in [0.25, 0.3) is 0 Å². The van der Waals surface area contributed by atoms with Crippen LogP contribution in [0.3, 0.4) is 0 Å². The Bertz CT molecular complexity index is 1250. The second-order valence-electron chi connectivity index (χ2n) is 9.71. The number of likely N-dealkylation sites (N-methyl/N-ethyl adjacent to an activating group) is 1. The Labute approximate surface area is 247 Å². The van der Waals surface area contributed by atoms with Crippen LogP contribution in [-0.2, 0) is 22.6 Å². The maximum atomic E-state index is 13.4. The summed E-state index contributed by atoms with van der Waals surface area (Å²) >= 11 is 3.15. The van der Waals surface area contributed by atoms with Crippen LogP contribution < -0.4 is 14.8 Å². The quantitative estimate of drug-likeness (QED) is 0.230. The summed E-state index contributed by atoms with van der Waals surface area (Å²) in [6.45, 7) is 3.01. The average molecular weight is 602 g/mol. The van der Waals surface area contributed by atoms with E-state index in [1.165, 1.54) is 4.90 Å². The fraction of sp³-hybridized carbons (Fsp3) is 0.414. The number of benzene rings is 1. The maximum absolute atomic E-state index is 13.4. The third-order valence-electron chi connectivity index (χ3n) is 6.75. The highest BCUT2D eigenvalue weighted by Gasteiger charge is 2.27. The first kappa shape index (κ1) is 30.2. The van der Waals surface area contributed by atoms with Crippen molar-refractivity contribution in [2.45, 2.75) is 57.8 Å². The molecule has 0 saturated heterocycles. The molecule has 1 aromatic carbocycles. The van der Waals surface area contributed by atoms with Gasteiger partial charge in [-0.2, -0.15) is 0 Å². The minimum atomic E-state index is -1.05. The van der Waals surface area contributed by atoms with Crippen LogP contribution in [0.5, 0.6) is 11.5 Å². The van der Waals surface area contributed by atoms with E-state index in [2.05, 4.69) is 12.2 Å². The highest BCUT2D eigenvalue weighted by Crippen LogP contribution is 2.35. The summed E-state index contributed by atoms with van der Waals surface area (Å²) < 4.78 is 16.6. The molecule has 0 fully saturated rings. The fourth-order valence-electron chi connectivity index (χ4n) is 4.43. The number of rotatable bonds is 14. The lowest BCUT2D eigenvalue weighted by molar-refractivity contribution is -0.137. The lowest BCUT2D eigenvalue weighted by Gasteiger charge is -2.31. The van der Waals surface area contributed by atoms with Crippen LogP contribution in [0.15, 0.2) is 53.2 Å². The van der Waals surface area contributed by atoms with E-state index in [-0.39, 0.29) is 19.8 Å². The number of nitrogens with zero attached hydrogens (tertiary/aromatic N) is 2. The Morgan fingerprint density at radius 3 is 2.34 bits per heavy atom. The number of carboxylic acids is 1. The Balaban J connectivity index is 1.42. The molecule has 10 nitrogen and oxygen atoms in total. The Morgan fingerprint density at radius 2 is 1.73 bits per heavy atom. The van der Waals surface area contributed by atoms with E-state index in [1.54, 1.807) is 52.8 Å². The first-order valence-electron chi connectivity index (χ1n) is 13.4. The van der Waals surface area contributed by atoms with Gasteiger partial charge in [-0.15, -0.1) is 22.7 Å². The van der Waals surface area contributed by atoms with Crippen molar-refractivity contribution in [1.29, 1.82) is 0 Å². The molecule has 0 aliphatic carbocycles. The smallest absolute Gasteiger partial charge is 0.410 e. The first-order valence-corrected chi connectivity index (χ1v) is 15.2. The van der Waals surface area contributed by atoms with Gasteiger partial charge in [0, 0.05) is 16.8 Å². The number of ether oxygens (including phenoxy) is 3. The highest BCUT2D eigenvalue weighted by molar-refractivity contribution is 7.10. The summed E-state index contributed by atoms with van der Waals surface area (Å²) in [5.41, 5.74) is 0.590. The summed E-state index contributed by atoms with van der Waals surface area (Å²) in [5.74, 6) is 0.0199. The van der Waals surface area contributed by atoms with E-state index in [1.807, 2.05) is 35.0 Å². The molecule has 2 aromatic heterocycles. The lowest BCUT2D eigenvalue weighted by atomic mass is 10.0. The Hall–Kier alpha value is -3.77. The number of carbonyl (C=O) groups is 3.